The molecule has 0 spiro atoms. The predicted molar refractivity (Wildman–Crippen MR) is 106 cm³/mol. The lowest BCUT2D eigenvalue weighted by atomic mass is 10.0. The molecule has 0 saturated carbocycles. The summed E-state index contributed by atoms with van der Waals surface area (Å²) < 4.78 is 33.3. The Morgan fingerprint density at radius 3 is 2.56 bits per heavy atom. The summed E-state index contributed by atoms with van der Waals surface area (Å²) >= 11 is 0. The number of rotatable bonds is 5. The number of β-amino-alcohol motifs (C(OH)–C–C–N with tert-alkyl or cyclic N) is 1. The summed E-state index contributed by atoms with van der Waals surface area (Å²) in [6, 6.07) is 14.4. The van der Waals surface area contributed by atoms with Crippen molar-refractivity contribution in [2.45, 2.75) is 31.3 Å². The number of ether oxygens (including phenoxy) is 1. The molecule has 27 heavy (non-hydrogen) atoms. The molecule has 1 aliphatic rings. The summed E-state index contributed by atoms with van der Waals surface area (Å²) in [6.45, 7) is 4.61. The summed E-state index contributed by atoms with van der Waals surface area (Å²) in [5.41, 5.74) is 2.69. The highest BCUT2D eigenvalue weighted by molar-refractivity contribution is 7.89. The van der Waals surface area contributed by atoms with E-state index >= 15 is 0 Å². The van der Waals surface area contributed by atoms with E-state index < -0.39 is 16.1 Å². The van der Waals surface area contributed by atoms with Gasteiger partial charge in [-0.1, -0.05) is 42.0 Å². The highest BCUT2D eigenvalue weighted by atomic mass is 32.2. The highest BCUT2D eigenvalue weighted by Gasteiger charge is 2.30. The molecule has 1 unspecified atom stereocenters. The lowest BCUT2D eigenvalue weighted by molar-refractivity contribution is 0.155. The van der Waals surface area contributed by atoms with E-state index in [1.54, 1.807) is 24.3 Å². The third-order valence-electron chi connectivity index (χ3n) is 4.59. The van der Waals surface area contributed by atoms with Crippen LogP contribution in [0.25, 0.3) is 5.57 Å². The van der Waals surface area contributed by atoms with E-state index in [4.69, 9.17) is 4.74 Å². The van der Waals surface area contributed by atoms with Crippen LogP contribution < -0.4 is 4.74 Å². The summed E-state index contributed by atoms with van der Waals surface area (Å²) in [5, 5.41) is 10.3. The minimum Gasteiger partial charge on any atom is -0.493 e. The number of aliphatic hydroxyl groups is 1. The van der Waals surface area contributed by atoms with Gasteiger partial charge in [-0.2, -0.15) is 4.31 Å². The molecule has 0 saturated heterocycles. The van der Waals surface area contributed by atoms with Gasteiger partial charge >= 0.3 is 0 Å². The van der Waals surface area contributed by atoms with Crippen molar-refractivity contribution in [3.63, 3.8) is 0 Å². The summed E-state index contributed by atoms with van der Waals surface area (Å²) in [5.74, 6) is 0.718. The topological polar surface area (TPSA) is 66.8 Å². The second kappa shape index (κ2) is 8.25. The average molecular weight is 388 g/mol. The number of hydrogen-bond acceptors (Lipinski definition) is 4. The first-order valence-electron chi connectivity index (χ1n) is 9.08. The van der Waals surface area contributed by atoms with E-state index in [1.807, 2.05) is 44.2 Å². The summed E-state index contributed by atoms with van der Waals surface area (Å²) in [4.78, 5) is 0.236. The molecular weight excluding hydrogens is 362 g/mol. The van der Waals surface area contributed by atoms with Gasteiger partial charge in [0.05, 0.1) is 17.6 Å². The van der Waals surface area contributed by atoms with Gasteiger partial charge in [0.1, 0.15) is 5.75 Å². The largest absolute Gasteiger partial charge is 0.493 e. The molecule has 1 aliphatic heterocycles. The first-order chi connectivity index (χ1) is 12.9. The molecule has 6 heteroatoms. The molecule has 0 amide bonds. The molecule has 1 atom stereocenters. The minimum atomic E-state index is -3.71. The van der Waals surface area contributed by atoms with Crippen LogP contribution in [0.1, 0.15) is 24.5 Å². The van der Waals surface area contributed by atoms with Gasteiger partial charge in [0.25, 0.3) is 0 Å². The Morgan fingerprint density at radius 2 is 1.85 bits per heavy atom. The lowest BCUT2D eigenvalue weighted by Crippen LogP contribution is -2.37. The molecular formula is C21H25NO4S. The van der Waals surface area contributed by atoms with Gasteiger partial charge in [-0.15, -0.1) is 0 Å². The molecule has 0 aromatic heterocycles. The standard InChI is InChI=1S/C21H25NO4S/c1-3-26-21-7-5-4-6-20(21)17-10-11-18(23)15-22(14-17)27(24,25)19-12-8-16(2)9-13-19/h4-10,12-13,18,23H,3,11,14-15H2,1-2H3. The van der Waals surface area contributed by atoms with E-state index in [2.05, 4.69) is 0 Å². The Kier molecular flexibility index (Phi) is 5.99. The zero-order valence-corrected chi connectivity index (χ0v) is 16.4. The third kappa shape index (κ3) is 4.40. The van der Waals surface area contributed by atoms with Gasteiger partial charge in [-0.05, 0) is 44.0 Å². The van der Waals surface area contributed by atoms with Crippen molar-refractivity contribution in [3.8, 4) is 5.75 Å². The number of aryl methyl sites for hydroxylation is 1. The van der Waals surface area contributed by atoms with Gasteiger partial charge in [0.2, 0.25) is 10.0 Å². The van der Waals surface area contributed by atoms with E-state index in [-0.39, 0.29) is 18.0 Å². The van der Waals surface area contributed by atoms with Crippen LogP contribution in [-0.4, -0.2) is 43.6 Å². The number of hydrogen-bond donors (Lipinski definition) is 1. The Hall–Kier alpha value is -2.15. The molecule has 0 fully saturated rings. The van der Waals surface area contributed by atoms with Crippen LogP contribution in [0.3, 0.4) is 0 Å². The van der Waals surface area contributed by atoms with E-state index in [0.717, 1.165) is 22.4 Å². The molecule has 0 aliphatic carbocycles. The van der Waals surface area contributed by atoms with Crippen molar-refractivity contribution < 1.29 is 18.3 Å². The van der Waals surface area contributed by atoms with Crippen LogP contribution in [0.2, 0.25) is 0 Å². The minimum absolute atomic E-state index is 0.0625. The van der Waals surface area contributed by atoms with Crippen molar-refractivity contribution >= 4 is 15.6 Å². The second-order valence-electron chi connectivity index (χ2n) is 6.66. The van der Waals surface area contributed by atoms with Crippen molar-refractivity contribution in [2.75, 3.05) is 19.7 Å². The molecule has 0 radical (unpaired) electrons. The molecule has 2 aromatic carbocycles. The zero-order valence-electron chi connectivity index (χ0n) is 15.6. The van der Waals surface area contributed by atoms with Gasteiger partial charge in [0, 0.05) is 18.7 Å². The Labute approximate surface area is 161 Å². The van der Waals surface area contributed by atoms with Crippen molar-refractivity contribution in [1.82, 2.24) is 4.31 Å². The smallest absolute Gasteiger partial charge is 0.243 e. The number of sulfonamides is 1. The van der Waals surface area contributed by atoms with E-state index in [0.29, 0.717) is 13.0 Å². The fourth-order valence-electron chi connectivity index (χ4n) is 3.16. The Morgan fingerprint density at radius 1 is 1.15 bits per heavy atom. The molecule has 2 aromatic rings. The Bertz CT molecular complexity index is 919. The number of nitrogens with zero attached hydrogens (tertiary/aromatic N) is 1. The monoisotopic (exact) mass is 387 g/mol. The second-order valence-corrected chi connectivity index (χ2v) is 8.60. The third-order valence-corrected chi connectivity index (χ3v) is 6.41. The number of aliphatic hydroxyl groups excluding tert-OH is 1. The average Bonchev–Trinajstić information content (AvgIpc) is 2.85. The Balaban J connectivity index is 1.97. The maximum absolute atomic E-state index is 13.1. The van der Waals surface area contributed by atoms with Crippen LogP contribution >= 0.6 is 0 Å². The summed E-state index contributed by atoms with van der Waals surface area (Å²) in [7, 11) is -3.71. The van der Waals surface area contributed by atoms with Gasteiger partial charge in [-0.3, -0.25) is 0 Å². The predicted octanol–water partition coefficient (Wildman–Crippen LogP) is 3.23. The van der Waals surface area contributed by atoms with E-state index in [9.17, 15) is 13.5 Å². The molecule has 5 nitrogen and oxygen atoms in total. The van der Waals surface area contributed by atoms with Gasteiger partial charge in [0.15, 0.2) is 0 Å². The van der Waals surface area contributed by atoms with Crippen LogP contribution in [0.4, 0.5) is 0 Å². The highest BCUT2D eigenvalue weighted by Crippen LogP contribution is 2.31. The maximum atomic E-state index is 13.1. The molecule has 1 N–H and O–H groups in total. The number of para-hydroxylation sites is 1. The molecule has 3 rings (SSSR count). The lowest BCUT2D eigenvalue weighted by Gasteiger charge is -2.24. The van der Waals surface area contributed by atoms with Crippen molar-refractivity contribution in [1.29, 1.82) is 0 Å². The van der Waals surface area contributed by atoms with E-state index in [1.165, 1.54) is 4.31 Å². The molecule has 1 heterocycles. The SMILES string of the molecule is CCOc1ccccc1C1=CCC(O)CN(S(=O)(=O)c2ccc(C)cc2)C1. The zero-order chi connectivity index (χ0) is 19.4. The van der Waals surface area contributed by atoms with Crippen LogP contribution in [0.5, 0.6) is 5.75 Å². The fraction of sp³-hybridized carbons (Fsp3) is 0.333. The molecule has 0 bridgehead atoms. The van der Waals surface area contributed by atoms with Crippen LogP contribution in [0.15, 0.2) is 59.5 Å². The van der Waals surface area contributed by atoms with Crippen molar-refractivity contribution in [2.24, 2.45) is 0 Å². The van der Waals surface area contributed by atoms with Crippen molar-refractivity contribution in [3.05, 3.63) is 65.7 Å². The van der Waals surface area contributed by atoms with Crippen LogP contribution in [0, 0.1) is 6.92 Å². The van der Waals surface area contributed by atoms with Crippen LogP contribution in [-0.2, 0) is 10.0 Å². The van der Waals surface area contributed by atoms with Gasteiger partial charge < -0.3 is 9.84 Å². The first-order valence-corrected chi connectivity index (χ1v) is 10.5. The fourth-order valence-corrected chi connectivity index (χ4v) is 4.61. The number of benzene rings is 2. The maximum Gasteiger partial charge on any atom is 0.243 e. The van der Waals surface area contributed by atoms with Gasteiger partial charge in [-0.25, -0.2) is 8.42 Å². The first kappa shape index (κ1) is 19.6. The summed E-state index contributed by atoms with van der Waals surface area (Å²) in [6.07, 6.45) is 1.56. The quantitative estimate of drug-likeness (QED) is 0.855. The normalized spacial score (nSPS) is 18.6. The molecule has 144 valence electrons.